The van der Waals surface area contributed by atoms with Gasteiger partial charge in [-0.2, -0.15) is 0 Å². The molecule has 0 saturated carbocycles. The molecule has 0 aromatic heterocycles. The molecule has 2 N–H and O–H groups in total. The monoisotopic (exact) mass is 237 g/mol. The lowest BCUT2D eigenvalue weighted by atomic mass is 10.0. The molecule has 0 amide bonds. The van der Waals surface area contributed by atoms with Gasteiger partial charge in [0.1, 0.15) is 0 Å². The molecule has 1 aliphatic carbocycles. The van der Waals surface area contributed by atoms with Gasteiger partial charge in [-0.3, -0.25) is 0 Å². The van der Waals surface area contributed by atoms with Gasteiger partial charge in [-0.15, -0.1) is 0 Å². The molecule has 0 saturated heterocycles. The van der Waals surface area contributed by atoms with Crippen LogP contribution in [0, 0.1) is 0 Å². The van der Waals surface area contributed by atoms with Gasteiger partial charge in [0.25, 0.3) is 0 Å². The molecule has 0 aromatic rings. The van der Waals surface area contributed by atoms with E-state index in [-0.39, 0.29) is 0 Å². The maximum absolute atomic E-state index is 11.6. The molecule has 1 rings (SSSR count). The summed E-state index contributed by atoms with van der Waals surface area (Å²) in [4.78, 5) is 23.1. The highest BCUT2D eigenvalue weighted by Crippen LogP contribution is 2.32. The van der Waals surface area contributed by atoms with E-state index in [2.05, 4.69) is 9.47 Å². The molecule has 0 heterocycles. The first-order valence-corrected chi connectivity index (χ1v) is 5.00. The van der Waals surface area contributed by atoms with E-state index in [1.165, 1.54) is 14.2 Å². The van der Waals surface area contributed by atoms with Gasteiger partial charge in [0.05, 0.1) is 25.4 Å². The molecule has 0 aromatic carbocycles. The molecule has 0 radical (unpaired) electrons. The maximum atomic E-state index is 11.6. The zero-order chi connectivity index (χ0) is 13.2. The van der Waals surface area contributed by atoms with Gasteiger partial charge in [0, 0.05) is 11.3 Å². The Bertz CT molecular complexity index is 465. The van der Waals surface area contributed by atoms with E-state index in [0.29, 0.717) is 28.0 Å². The molecule has 0 spiro atoms. The van der Waals surface area contributed by atoms with Crippen LogP contribution in [-0.2, 0) is 19.1 Å². The molecule has 0 aliphatic heterocycles. The van der Waals surface area contributed by atoms with E-state index >= 15 is 0 Å². The van der Waals surface area contributed by atoms with Gasteiger partial charge in [-0.1, -0.05) is 0 Å². The third-order valence-electron chi connectivity index (χ3n) is 2.56. The van der Waals surface area contributed by atoms with Crippen molar-refractivity contribution in [3.63, 3.8) is 0 Å². The lowest BCUT2D eigenvalue weighted by Crippen LogP contribution is -2.10. The minimum absolute atomic E-state index is 0.313. The standard InChI is InChI=1S/C12H15NO4/c1-6-8(11(14)16-3)5-9(7(2)13)10(6)12(15)17-4/h5H,13H2,1-4H3/b9-7+. The largest absolute Gasteiger partial charge is 0.465 e. The second-order valence-corrected chi connectivity index (χ2v) is 3.64. The Morgan fingerprint density at radius 3 is 2.12 bits per heavy atom. The van der Waals surface area contributed by atoms with Crippen LogP contribution in [0.25, 0.3) is 0 Å². The molecule has 0 fully saturated rings. The quantitative estimate of drug-likeness (QED) is 0.719. The second-order valence-electron chi connectivity index (χ2n) is 3.64. The number of allylic oxidation sites excluding steroid dienone is 2. The summed E-state index contributed by atoms with van der Waals surface area (Å²) in [6, 6.07) is 0. The van der Waals surface area contributed by atoms with Gasteiger partial charge in [-0.25, -0.2) is 9.59 Å². The summed E-state index contributed by atoms with van der Waals surface area (Å²) < 4.78 is 9.31. The fraction of sp³-hybridized carbons (Fsp3) is 0.333. The van der Waals surface area contributed by atoms with E-state index in [1.54, 1.807) is 19.9 Å². The number of hydrogen-bond acceptors (Lipinski definition) is 5. The zero-order valence-corrected chi connectivity index (χ0v) is 10.3. The number of hydrogen-bond donors (Lipinski definition) is 1. The highest BCUT2D eigenvalue weighted by Gasteiger charge is 2.29. The van der Waals surface area contributed by atoms with Crippen molar-refractivity contribution in [2.75, 3.05) is 14.2 Å². The summed E-state index contributed by atoms with van der Waals surface area (Å²) in [5, 5.41) is 0. The molecule has 17 heavy (non-hydrogen) atoms. The van der Waals surface area contributed by atoms with E-state index in [9.17, 15) is 9.59 Å². The van der Waals surface area contributed by atoms with Gasteiger partial charge in [-0.05, 0) is 25.5 Å². The summed E-state index contributed by atoms with van der Waals surface area (Å²) in [5.41, 5.74) is 7.80. The van der Waals surface area contributed by atoms with Crippen molar-refractivity contribution in [2.45, 2.75) is 13.8 Å². The fourth-order valence-corrected chi connectivity index (χ4v) is 1.66. The van der Waals surface area contributed by atoms with Crippen LogP contribution in [0.1, 0.15) is 13.8 Å². The first kappa shape index (κ1) is 13.0. The highest BCUT2D eigenvalue weighted by atomic mass is 16.5. The van der Waals surface area contributed by atoms with Crippen LogP contribution in [0.15, 0.2) is 34.1 Å². The Morgan fingerprint density at radius 2 is 1.71 bits per heavy atom. The molecule has 0 bridgehead atoms. The molecule has 0 atom stereocenters. The maximum Gasteiger partial charge on any atom is 0.338 e. The predicted octanol–water partition coefficient (Wildman–Crippen LogP) is 0.822. The first-order chi connectivity index (χ1) is 7.93. The topological polar surface area (TPSA) is 78.6 Å². The summed E-state index contributed by atoms with van der Waals surface area (Å²) in [6.07, 6.45) is 1.54. The van der Waals surface area contributed by atoms with E-state index in [0.717, 1.165) is 0 Å². The van der Waals surface area contributed by atoms with Crippen molar-refractivity contribution in [3.8, 4) is 0 Å². The van der Waals surface area contributed by atoms with Crippen molar-refractivity contribution in [1.82, 2.24) is 0 Å². The lowest BCUT2D eigenvalue weighted by molar-refractivity contribution is -0.136. The number of rotatable bonds is 2. The lowest BCUT2D eigenvalue weighted by Gasteiger charge is -2.06. The number of methoxy groups -OCH3 is 2. The molecule has 0 unspecified atom stereocenters. The molecule has 5 heteroatoms. The van der Waals surface area contributed by atoms with Crippen LogP contribution in [0.3, 0.4) is 0 Å². The van der Waals surface area contributed by atoms with Gasteiger partial charge in [0.2, 0.25) is 0 Å². The molecule has 92 valence electrons. The third kappa shape index (κ3) is 2.22. The highest BCUT2D eigenvalue weighted by molar-refractivity contribution is 6.05. The van der Waals surface area contributed by atoms with Crippen molar-refractivity contribution in [2.24, 2.45) is 5.73 Å². The average molecular weight is 237 g/mol. The molecule has 5 nitrogen and oxygen atoms in total. The van der Waals surface area contributed by atoms with Crippen LogP contribution in [-0.4, -0.2) is 26.2 Å². The van der Waals surface area contributed by atoms with Crippen molar-refractivity contribution >= 4 is 11.9 Å². The summed E-state index contributed by atoms with van der Waals surface area (Å²) >= 11 is 0. The molecular weight excluding hydrogens is 222 g/mol. The minimum atomic E-state index is -0.516. The summed E-state index contributed by atoms with van der Waals surface area (Å²) in [7, 11) is 2.56. The Balaban J connectivity index is 3.37. The van der Waals surface area contributed by atoms with Crippen LogP contribution in [0.5, 0.6) is 0 Å². The average Bonchev–Trinajstić information content (AvgIpc) is 2.65. The van der Waals surface area contributed by atoms with Crippen LogP contribution in [0.2, 0.25) is 0 Å². The van der Waals surface area contributed by atoms with Crippen LogP contribution < -0.4 is 5.73 Å². The van der Waals surface area contributed by atoms with Crippen molar-refractivity contribution in [1.29, 1.82) is 0 Å². The smallest absolute Gasteiger partial charge is 0.338 e. The summed E-state index contributed by atoms with van der Waals surface area (Å²) in [6.45, 7) is 3.31. The van der Waals surface area contributed by atoms with Gasteiger partial charge >= 0.3 is 11.9 Å². The van der Waals surface area contributed by atoms with E-state index in [1.807, 2.05) is 0 Å². The number of carbonyl (C=O) groups excluding carboxylic acids is 2. The molecular formula is C12H15NO4. The Morgan fingerprint density at radius 1 is 1.18 bits per heavy atom. The number of carbonyl (C=O) groups is 2. The normalized spacial score (nSPS) is 17.8. The summed E-state index contributed by atoms with van der Waals surface area (Å²) in [5.74, 6) is -1.02. The SMILES string of the molecule is COC(=O)C1=C/C(=C(/C)N)C(C(=O)OC)=C1C. The van der Waals surface area contributed by atoms with E-state index < -0.39 is 11.9 Å². The Labute approximate surface area is 99.6 Å². The van der Waals surface area contributed by atoms with E-state index in [4.69, 9.17) is 5.73 Å². The first-order valence-electron chi connectivity index (χ1n) is 5.00. The third-order valence-corrected chi connectivity index (χ3v) is 2.56. The van der Waals surface area contributed by atoms with Gasteiger partial charge < -0.3 is 15.2 Å². The number of nitrogens with two attached hydrogens (primary N) is 1. The fourth-order valence-electron chi connectivity index (χ4n) is 1.66. The Hall–Kier alpha value is -2.04. The zero-order valence-electron chi connectivity index (χ0n) is 10.3. The predicted molar refractivity (Wildman–Crippen MR) is 61.7 cm³/mol. The Kier molecular flexibility index (Phi) is 3.73. The van der Waals surface area contributed by atoms with Gasteiger partial charge in [0.15, 0.2) is 0 Å². The minimum Gasteiger partial charge on any atom is -0.465 e. The van der Waals surface area contributed by atoms with Crippen molar-refractivity contribution in [3.05, 3.63) is 34.1 Å². The number of ether oxygens (including phenoxy) is 2. The number of esters is 2. The second kappa shape index (κ2) is 4.86. The van der Waals surface area contributed by atoms with Crippen molar-refractivity contribution < 1.29 is 19.1 Å². The van der Waals surface area contributed by atoms with Crippen LogP contribution in [0.4, 0.5) is 0 Å². The molecule has 1 aliphatic rings. The van der Waals surface area contributed by atoms with Crippen LogP contribution >= 0.6 is 0 Å².